The van der Waals surface area contributed by atoms with Crippen molar-refractivity contribution in [2.75, 3.05) is 0 Å². The Morgan fingerprint density at radius 2 is 2.07 bits per heavy atom. The molecule has 2 atom stereocenters. The quantitative estimate of drug-likeness (QED) is 0.436. The van der Waals surface area contributed by atoms with Gasteiger partial charge in [-0.15, -0.1) is 0 Å². The third-order valence-corrected chi connectivity index (χ3v) is 6.30. The first-order valence-corrected chi connectivity index (χ1v) is 11.2. The molecule has 0 fully saturated rings. The number of halogens is 1. The van der Waals surface area contributed by atoms with Gasteiger partial charge in [0.15, 0.2) is 5.15 Å². The molecule has 2 N–H and O–H groups in total. The van der Waals surface area contributed by atoms with Gasteiger partial charge in [0.1, 0.15) is 5.82 Å². The first-order chi connectivity index (χ1) is 14.3. The van der Waals surface area contributed by atoms with Crippen LogP contribution in [0.15, 0.2) is 24.3 Å². The molecule has 2 rings (SSSR count). The Bertz CT molecular complexity index is 885. The summed E-state index contributed by atoms with van der Waals surface area (Å²) in [5.74, 6) is -0.118. The van der Waals surface area contributed by atoms with Crippen LogP contribution < -0.4 is 5.32 Å². The third-order valence-electron chi connectivity index (χ3n) is 5.25. The van der Waals surface area contributed by atoms with Crippen LogP contribution in [-0.4, -0.2) is 31.8 Å². The number of hydrogen-bond acceptors (Lipinski definition) is 4. The summed E-state index contributed by atoms with van der Waals surface area (Å²) < 4.78 is 1.98. The zero-order valence-electron chi connectivity index (χ0n) is 17.7. The van der Waals surface area contributed by atoms with E-state index in [0.29, 0.717) is 17.4 Å². The fourth-order valence-corrected chi connectivity index (χ4v) is 3.70. The standard InChI is InChI=1S/C22H30ClN3O3S/c1-4-6-10-18-25-20(23)17(12-24-21(27)19(30)14(3)5-2)26(18)13-15-8-7-9-16(11-15)22(28)29/h7-9,11,14,19,30H,4-6,10,12-13H2,1-3H3,(H,24,27)(H,28,29). The van der Waals surface area contributed by atoms with E-state index in [0.717, 1.165) is 37.1 Å². The maximum absolute atomic E-state index is 12.5. The number of hydrogen-bond donors (Lipinski definition) is 3. The van der Waals surface area contributed by atoms with Crippen LogP contribution in [0.25, 0.3) is 0 Å². The minimum Gasteiger partial charge on any atom is -0.478 e. The number of carboxylic acid groups (broad SMARTS) is 1. The number of rotatable bonds is 11. The number of nitrogens with zero attached hydrogens (tertiary/aromatic N) is 2. The number of carbonyl (C=O) groups excluding carboxylic acids is 1. The number of unbranched alkanes of at least 4 members (excludes halogenated alkanes) is 1. The van der Waals surface area contributed by atoms with Crippen molar-refractivity contribution in [2.24, 2.45) is 5.92 Å². The Morgan fingerprint density at radius 3 is 2.70 bits per heavy atom. The van der Waals surface area contributed by atoms with Crippen LogP contribution in [0.3, 0.4) is 0 Å². The molecule has 0 saturated heterocycles. The van der Waals surface area contributed by atoms with Gasteiger partial charge < -0.3 is 15.0 Å². The van der Waals surface area contributed by atoms with E-state index in [1.165, 1.54) is 0 Å². The zero-order valence-corrected chi connectivity index (χ0v) is 19.3. The van der Waals surface area contributed by atoms with E-state index in [1.54, 1.807) is 18.2 Å². The number of imidazole rings is 1. The number of amides is 1. The summed E-state index contributed by atoms with van der Waals surface area (Å²) in [7, 11) is 0. The lowest BCUT2D eigenvalue weighted by molar-refractivity contribution is -0.121. The Balaban J connectivity index is 2.29. The number of aromatic carboxylic acids is 1. The number of carboxylic acids is 1. The van der Waals surface area contributed by atoms with E-state index >= 15 is 0 Å². The van der Waals surface area contributed by atoms with Crippen molar-refractivity contribution in [1.29, 1.82) is 0 Å². The summed E-state index contributed by atoms with van der Waals surface area (Å²) >= 11 is 10.9. The highest BCUT2D eigenvalue weighted by molar-refractivity contribution is 7.81. The van der Waals surface area contributed by atoms with E-state index in [9.17, 15) is 14.7 Å². The second-order valence-corrected chi connectivity index (χ2v) is 8.42. The fraction of sp³-hybridized carbons (Fsp3) is 0.500. The van der Waals surface area contributed by atoms with Crippen LogP contribution in [0.1, 0.15) is 67.5 Å². The van der Waals surface area contributed by atoms with Crippen LogP contribution in [-0.2, 0) is 24.3 Å². The number of thiol groups is 1. The summed E-state index contributed by atoms with van der Waals surface area (Å²) in [5, 5.41) is 12.2. The molecule has 0 spiro atoms. The topological polar surface area (TPSA) is 84.2 Å². The summed E-state index contributed by atoms with van der Waals surface area (Å²) in [5.41, 5.74) is 1.78. The van der Waals surface area contributed by atoms with Crippen molar-refractivity contribution in [3.63, 3.8) is 0 Å². The van der Waals surface area contributed by atoms with Crippen LogP contribution >= 0.6 is 24.2 Å². The Morgan fingerprint density at radius 1 is 1.33 bits per heavy atom. The molecule has 6 nitrogen and oxygen atoms in total. The minimum atomic E-state index is -0.968. The highest BCUT2D eigenvalue weighted by atomic mass is 35.5. The molecule has 0 saturated carbocycles. The van der Waals surface area contributed by atoms with Crippen LogP contribution in [0.5, 0.6) is 0 Å². The average Bonchev–Trinajstić information content (AvgIpc) is 3.03. The molecule has 8 heteroatoms. The third kappa shape index (κ3) is 6.25. The van der Waals surface area contributed by atoms with E-state index in [2.05, 4.69) is 29.9 Å². The van der Waals surface area contributed by atoms with Gasteiger partial charge in [-0.2, -0.15) is 12.6 Å². The number of nitrogens with one attached hydrogen (secondary N) is 1. The maximum atomic E-state index is 12.5. The van der Waals surface area contributed by atoms with Crippen molar-refractivity contribution in [3.8, 4) is 0 Å². The van der Waals surface area contributed by atoms with Crippen LogP contribution in [0.4, 0.5) is 0 Å². The van der Waals surface area contributed by atoms with Gasteiger partial charge in [0.2, 0.25) is 5.91 Å². The Hall–Kier alpha value is -1.99. The van der Waals surface area contributed by atoms with Crippen molar-refractivity contribution < 1.29 is 14.7 Å². The summed E-state index contributed by atoms with van der Waals surface area (Å²) in [6.45, 7) is 6.79. The lowest BCUT2D eigenvalue weighted by Crippen LogP contribution is -2.35. The van der Waals surface area contributed by atoms with Crippen molar-refractivity contribution in [1.82, 2.24) is 14.9 Å². The predicted octanol–water partition coefficient (Wildman–Crippen LogP) is 4.59. The van der Waals surface area contributed by atoms with Crippen molar-refractivity contribution in [2.45, 2.75) is 64.8 Å². The summed E-state index contributed by atoms with van der Waals surface area (Å²) in [4.78, 5) is 28.3. The van der Waals surface area contributed by atoms with Gasteiger partial charge in [-0.3, -0.25) is 4.79 Å². The van der Waals surface area contributed by atoms with Crippen molar-refractivity contribution >= 4 is 36.1 Å². The van der Waals surface area contributed by atoms with Gasteiger partial charge in [0.25, 0.3) is 0 Å². The van der Waals surface area contributed by atoms with E-state index < -0.39 is 11.2 Å². The first kappa shape index (κ1) is 24.3. The SMILES string of the molecule is CCCCc1nc(Cl)c(CNC(=O)C(S)C(C)CC)n1Cc1cccc(C(=O)O)c1. The highest BCUT2D eigenvalue weighted by Crippen LogP contribution is 2.22. The molecule has 1 aromatic heterocycles. The largest absolute Gasteiger partial charge is 0.478 e. The molecular weight excluding hydrogens is 422 g/mol. The van der Waals surface area contributed by atoms with E-state index in [1.807, 2.05) is 24.5 Å². The van der Waals surface area contributed by atoms with Gasteiger partial charge in [-0.1, -0.05) is 57.3 Å². The lowest BCUT2D eigenvalue weighted by atomic mass is 10.0. The number of aromatic nitrogens is 2. The van der Waals surface area contributed by atoms with Gasteiger partial charge in [0, 0.05) is 13.0 Å². The number of carbonyl (C=O) groups is 2. The van der Waals surface area contributed by atoms with Crippen molar-refractivity contribution in [3.05, 3.63) is 52.1 Å². The van der Waals surface area contributed by atoms with Crippen LogP contribution in [0, 0.1) is 5.92 Å². The molecule has 1 aromatic carbocycles. The summed E-state index contributed by atoms with van der Waals surface area (Å²) in [6.07, 6.45) is 3.59. The molecule has 2 unspecified atom stereocenters. The summed E-state index contributed by atoms with van der Waals surface area (Å²) in [6, 6.07) is 6.81. The highest BCUT2D eigenvalue weighted by Gasteiger charge is 2.22. The van der Waals surface area contributed by atoms with Crippen LogP contribution in [0.2, 0.25) is 5.15 Å². The van der Waals surface area contributed by atoms with Gasteiger partial charge in [0.05, 0.1) is 23.1 Å². The lowest BCUT2D eigenvalue weighted by Gasteiger charge is -2.18. The second-order valence-electron chi connectivity index (χ2n) is 7.51. The Labute approximate surface area is 188 Å². The molecule has 2 aromatic rings. The second kappa shape index (κ2) is 11.4. The first-order valence-electron chi connectivity index (χ1n) is 10.3. The molecule has 0 aliphatic heterocycles. The number of benzene rings is 1. The Kier molecular flexibility index (Phi) is 9.24. The molecule has 0 bridgehead atoms. The average molecular weight is 452 g/mol. The van der Waals surface area contributed by atoms with E-state index in [-0.39, 0.29) is 23.9 Å². The minimum absolute atomic E-state index is 0.139. The molecule has 1 heterocycles. The molecule has 0 aliphatic carbocycles. The zero-order chi connectivity index (χ0) is 22.3. The molecule has 0 aliphatic rings. The van der Waals surface area contributed by atoms with Gasteiger partial charge in [-0.25, -0.2) is 9.78 Å². The monoisotopic (exact) mass is 451 g/mol. The maximum Gasteiger partial charge on any atom is 0.335 e. The molecule has 164 valence electrons. The molecule has 30 heavy (non-hydrogen) atoms. The van der Waals surface area contributed by atoms with Gasteiger partial charge >= 0.3 is 5.97 Å². The molecule has 1 amide bonds. The smallest absolute Gasteiger partial charge is 0.335 e. The van der Waals surface area contributed by atoms with Gasteiger partial charge in [-0.05, 0) is 30.0 Å². The molecular formula is C22H30ClN3O3S. The van der Waals surface area contributed by atoms with E-state index in [4.69, 9.17) is 11.6 Å². The molecule has 0 radical (unpaired) electrons. The fourth-order valence-electron chi connectivity index (χ4n) is 3.13. The normalized spacial score (nSPS) is 13.1. The predicted molar refractivity (Wildman–Crippen MR) is 122 cm³/mol. The number of aryl methyl sites for hydroxylation is 1.